The van der Waals surface area contributed by atoms with Crippen molar-refractivity contribution in [1.82, 2.24) is 0 Å². The molecule has 6 aliphatic rings. The number of aliphatic hydroxyl groups excluding tert-OH is 3. The van der Waals surface area contributed by atoms with Gasteiger partial charge < -0.3 is 45.7 Å². The van der Waals surface area contributed by atoms with E-state index in [0.717, 1.165) is 68.5 Å². The predicted octanol–water partition coefficient (Wildman–Crippen LogP) is 6.33. The maximum absolute atomic E-state index is 10.3. The number of nitrogens with two attached hydrogens (primary N) is 2. The molecule has 0 aromatic heterocycles. The number of aliphatic hydroxyl groups is 3. The quantitative estimate of drug-likeness (QED) is 0.0328. The molecule has 388 valence electrons. The second kappa shape index (κ2) is 24.2. The Morgan fingerprint density at radius 2 is 1.30 bits per heavy atom. The van der Waals surface area contributed by atoms with Gasteiger partial charge in [-0.2, -0.15) is 16.8 Å². The Hall–Kier alpha value is -3.66. The minimum absolute atomic E-state index is 0.0579. The number of benzene rings is 2. The summed E-state index contributed by atoms with van der Waals surface area (Å²) in [5, 5.41) is 40.7. The van der Waals surface area contributed by atoms with Crippen molar-refractivity contribution in [3.8, 4) is 11.5 Å². The van der Waals surface area contributed by atoms with Gasteiger partial charge in [-0.15, -0.1) is 0 Å². The molecule has 11 N–H and O–H groups in total. The van der Waals surface area contributed by atoms with Crippen molar-refractivity contribution >= 4 is 31.9 Å². The van der Waals surface area contributed by atoms with Crippen LogP contribution in [-0.4, -0.2) is 115 Å². The zero-order valence-corrected chi connectivity index (χ0v) is 42.4. The van der Waals surface area contributed by atoms with E-state index in [1.54, 1.807) is 29.8 Å². The molecule has 17 nitrogen and oxygen atoms in total. The molecular formula is C50H78N4O13S2. The summed E-state index contributed by atoms with van der Waals surface area (Å²) >= 11 is 0. The molecule has 2 aromatic carbocycles. The number of amidine groups is 2. The van der Waals surface area contributed by atoms with Gasteiger partial charge >= 0.3 is 0 Å². The lowest BCUT2D eigenvalue weighted by Gasteiger charge is -2.57. The first-order valence-corrected chi connectivity index (χ1v) is 27.6. The highest BCUT2D eigenvalue weighted by Crippen LogP contribution is 2.70. The van der Waals surface area contributed by atoms with Gasteiger partial charge in [0.1, 0.15) is 23.2 Å². The fourth-order valence-corrected chi connectivity index (χ4v) is 12.4. The van der Waals surface area contributed by atoms with E-state index in [1.807, 2.05) is 24.3 Å². The van der Waals surface area contributed by atoms with Gasteiger partial charge in [0, 0.05) is 23.5 Å². The number of hydrogen-bond acceptors (Lipinski definition) is 13. The smallest absolute Gasteiger partial charge is 0.267 e. The van der Waals surface area contributed by atoms with Gasteiger partial charge in [-0.25, -0.2) is 0 Å². The fourth-order valence-electron chi connectivity index (χ4n) is 12.0. The molecule has 0 radical (unpaired) electrons. The van der Waals surface area contributed by atoms with Crippen molar-refractivity contribution in [2.24, 2.45) is 57.8 Å². The molecule has 11 unspecified atom stereocenters. The van der Waals surface area contributed by atoms with Gasteiger partial charge in [-0.05, 0) is 160 Å². The van der Waals surface area contributed by atoms with Crippen LogP contribution in [-0.2, 0) is 29.7 Å². The van der Waals surface area contributed by atoms with E-state index in [9.17, 15) is 21.9 Å². The number of allylic oxidation sites excluding steroid dienone is 2. The zero-order chi connectivity index (χ0) is 50.8. The Bertz CT molecular complexity index is 2160. The van der Waals surface area contributed by atoms with Gasteiger partial charge in [0.05, 0.1) is 56.7 Å². The fraction of sp³-hybridized carbons (Fsp3) is 0.680. The van der Waals surface area contributed by atoms with E-state index in [4.69, 9.17) is 60.6 Å². The molecule has 5 fully saturated rings. The van der Waals surface area contributed by atoms with E-state index in [-0.39, 0.29) is 23.6 Å². The van der Waals surface area contributed by atoms with E-state index in [0.29, 0.717) is 64.9 Å². The molecule has 4 aliphatic carbocycles. The number of nitrogen functional groups attached to an aromatic ring is 2. The number of rotatable bonds is 14. The van der Waals surface area contributed by atoms with Crippen LogP contribution in [0.1, 0.15) is 116 Å². The summed E-state index contributed by atoms with van der Waals surface area (Å²) in [5.41, 5.74) is 14.7. The van der Waals surface area contributed by atoms with E-state index in [2.05, 4.69) is 33.8 Å². The highest BCUT2D eigenvalue weighted by atomic mass is 32.2. The first-order valence-electron chi connectivity index (χ1n) is 24.4. The molecule has 2 aliphatic heterocycles. The van der Waals surface area contributed by atoms with Crippen molar-refractivity contribution in [3.63, 3.8) is 0 Å². The molecule has 19 heteroatoms. The molecule has 1 spiro atoms. The summed E-state index contributed by atoms with van der Waals surface area (Å²) in [5.74, 6) is 4.21. The first-order chi connectivity index (χ1) is 32.4. The van der Waals surface area contributed by atoms with Crippen molar-refractivity contribution in [3.05, 3.63) is 71.3 Å². The number of hydrogen-bond donors (Lipinski definition) is 9. The molecule has 0 bridgehead atoms. The van der Waals surface area contributed by atoms with Crippen LogP contribution >= 0.6 is 0 Å². The lowest BCUT2D eigenvalue weighted by atomic mass is 9.48. The zero-order valence-electron chi connectivity index (χ0n) is 40.7. The lowest BCUT2D eigenvalue weighted by molar-refractivity contribution is -0.272. The Balaban J connectivity index is 0.000000205. The molecule has 3 saturated carbocycles. The molecule has 2 heterocycles. The monoisotopic (exact) mass is 1010 g/mol. The van der Waals surface area contributed by atoms with Crippen molar-refractivity contribution in [2.75, 3.05) is 44.5 Å². The van der Waals surface area contributed by atoms with Crippen molar-refractivity contribution in [1.29, 1.82) is 10.8 Å². The second-order valence-electron chi connectivity index (χ2n) is 20.3. The van der Waals surface area contributed by atoms with Crippen LogP contribution < -0.4 is 20.9 Å². The largest absolute Gasteiger partial charge is 0.494 e. The third-order valence-electron chi connectivity index (χ3n) is 15.6. The van der Waals surface area contributed by atoms with Gasteiger partial charge in [-0.3, -0.25) is 19.9 Å². The van der Waals surface area contributed by atoms with E-state index < -0.39 is 45.0 Å². The number of fused-ring (bicyclic) bond motifs is 7. The first kappa shape index (κ1) is 56.3. The summed E-state index contributed by atoms with van der Waals surface area (Å²) in [6, 6.07) is 14.4. The third kappa shape index (κ3) is 14.7. The summed E-state index contributed by atoms with van der Waals surface area (Å²) < 4.78 is 78.8. The van der Waals surface area contributed by atoms with Crippen LogP contribution in [0.3, 0.4) is 0 Å². The average Bonchev–Trinajstić information content (AvgIpc) is 3.73. The van der Waals surface area contributed by atoms with E-state index >= 15 is 0 Å². The molecule has 8 rings (SSSR count). The van der Waals surface area contributed by atoms with Gasteiger partial charge in [-0.1, -0.05) is 39.3 Å². The normalized spacial score (nSPS) is 32.1. The van der Waals surface area contributed by atoms with Crippen LogP contribution in [0.25, 0.3) is 0 Å². The Morgan fingerprint density at radius 1 is 0.768 bits per heavy atom. The predicted molar refractivity (Wildman–Crippen MR) is 264 cm³/mol. The average molecular weight is 1010 g/mol. The highest BCUT2D eigenvalue weighted by Gasteiger charge is 2.68. The summed E-state index contributed by atoms with van der Waals surface area (Å²) in [4.78, 5) is 0. The summed E-state index contributed by atoms with van der Waals surface area (Å²) in [6.07, 6.45) is 16.5. The molecule has 0 amide bonds. The number of unbranched alkanes of at least 4 members (excludes halogenated alkanes) is 2. The van der Waals surface area contributed by atoms with Crippen LogP contribution in [0.15, 0.2) is 60.2 Å². The molecule has 69 heavy (non-hydrogen) atoms. The van der Waals surface area contributed by atoms with Crippen molar-refractivity contribution in [2.45, 2.75) is 123 Å². The topological polar surface area (TPSA) is 306 Å². The maximum atomic E-state index is 10.3. The van der Waals surface area contributed by atoms with Crippen LogP contribution in [0, 0.1) is 57.2 Å². The van der Waals surface area contributed by atoms with Gasteiger partial charge in [0.2, 0.25) is 0 Å². The Kier molecular flexibility index (Phi) is 19.7. The van der Waals surface area contributed by atoms with Gasteiger partial charge in [0.15, 0.2) is 5.79 Å². The number of nitrogens with one attached hydrogen (secondary N) is 2. The van der Waals surface area contributed by atoms with Crippen molar-refractivity contribution < 1.29 is 60.2 Å². The summed E-state index contributed by atoms with van der Waals surface area (Å²) in [6.45, 7) is 11.0. The third-order valence-corrected chi connectivity index (χ3v) is 17.0. The number of ether oxygens (including phenoxy) is 4. The minimum atomic E-state index is -3.92. The maximum Gasteiger partial charge on any atom is 0.267 e. The highest BCUT2D eigenvalue weighted by molar-refractivity contribution is 7.86. The molecule has 2 aromatic rings. The molecule has 2 saturated heterocycles. The van der Waals surface area contributed by atoms with Crippen LogP contribution in [0.5, 0.6) is 11.5 Å². The lowest BCUT2D eigenvalue weighted by Crippen LogP contribution is -2.50. The minimum Gasteiger partial charge on any atom is -0.494 e. The Morgan fingerprint density at radius 3 is 1.75 bits per heavy atom. The SMILES string of the molecule is CC1CCC2(OC1)OC1CC3C4CCC5CC(O)CCC5(C)C4=CCC3(C)C1C2C.N=C(N)c1ccc(OCCCCCOc2ccc(C(=N)N)cc2)cc1.O=S(=O)(O)CCO.O=S(=O)(O)CCO. The molecular weight excluding hydrogens is 929 g/mol. The standard InChI is InChI=1S/C27H42O3.C19H24N4O2.2C2H6O4S/c1-16-7-12-27(29-15-16)17(2)24-23(30-27)14-22-20-6-5-18-13-19(28)8-10-25(18,3)21(20)9-11-26(22,24)4;20-18(21)14-4-8-16(9-5-14)24-12-2-1-3-13-25-17-10-6-15(7-11-17)19(22)23;2*3-1-2-7(4,5)6/h9,16-20,22-24,28H,5-8,10-15H2,1-4H3;4-11H,1-3,12-13H2,(H3,20,21)(H3,22,23);2*3H,1-2H2,(H,4,5,6). The summed E-state index contributed by atoms with van der Waals surface area (Å²) in [7, 11) is -7.85. The Labute approximate surface area is 409 Å². The van der Waals surface area contributed by atoms with Gasteiger partial charge in [0.25, 0.3) is 20.2 Å². The molecule has 11 atom stereocenters. The van der Waals surface area contributed by atoms with Crippen LogP contribution in [0.4, 0.5) is 0 Å². The van der Waals surface area contributed by atoms with E-state index in [1.165, 1.54) is 38.5 Å². The second-order valence-corrected chi connectivity index (χ2v) is 23.5. The van der Waals surface area contributed by atoms with Crippen LogP contribution in [0.2, 0.25) is 0 Å².